The summed E-state index contributed by atoms with van der Waals surface area (Å²) in [6.45, 7) is 0. The molecule has 3 heteroatoms. The summed E-state index contributed by atoms with van der Waals surface area (Å²) in [7, 11) is 0. The average molecular weight is 246 g/mol. The summed E-state index contributed by atoms with van der Waals surface area (Å²) in [6.07, 6.45) is 2.47. The predicted molar refractivity (Wildman–Crippen MR) is 54.4 cm³/mol. The van der Waals surface area contributed by atoms with Crippen LogP contribution < -0.4 is 0 Å². The van der Waals surface area contributed by atoms with Crippen LogP contribution in [0, 0.1) is 0 Å². The summed E-state index contributed by atoms with van der Waals surface area (Å²) in [5.74, 6) is 0. The van der Waals surface area contributed by atoms with Crippen LogP contribution in [0.4, 0.5) is 0 Å². The predicted octanol–water partition coefficient (Wildman–Crippen LogP) is 3.27. The largest absolute Gasteiger partial charge is 0.297 e. The molecule has 0 N–H and O–H groups in total. The second kappa shape index (κ2) is 4.43. The zero-order valence-electron chi connectivity index (χ0n) is 6.13. The third-order valence-electron chi connectivity index (χ3n) is 1.29. The molecule has 0 unspecified atom stereocenters. The van der Waals surface area contributed by atoms with Crippen LogP contribution in [0.2, 0.25) is 5.02 Å². The molecule has 0 amide bonds. The second-order valence-corrected chi connectivity index (χ2v) is 3.55. The van der Waals surface area contributed by atoms with Gasteiger partial charge in [0.15, 0.2) is 6.29 Å². The Bertz CT molecular complexity index is 303. The van der Waals surface area contributed by atoms with E-state index < -0.39 is 0 Å². The lowest BCUT2D eigenvalue weighted by Crippen LogP contribution is -1.74. The molecule has 0 aliphatic carbocycles. The number of hydrogen-bond acceptors (Lipinski definition) is 1. The van der Waals surface area contributed by atoms with Crippen LogP contribution in [-0.4, -0.2) is 6.29 Å². The van der Waals surface area contributed by atoms with E-state index in [1.807, 2.05) is 12.1 Å². The Morgan fingerprint density at radius 1 is 1.33 bits per heavy atom. The van der Waals surface area contributed by atoms with E-state index in [4.69, 9.17) is 11.6 Å². The van der Waals surface area contributed by atoms with Crippen LogP contribution in [0.1, 0.15) is 5.56 Å². The molecule has 62 valence electrons. The Morgan fingerprint density at radius 2 is 1.92 bits per heavy atom. The van der Waals surface area contributed by atoms with Crippen molar-refractivity contribution in [2.45, 2.75) is 0 Å². The summed E-state index contributed by atoms with van der Waals surface area (Å²) >= 11 is 8.77. The van der Waals surface area contributed by atoms with E-state index in [1.165, 1.54) is 0 Å². The number of rotatable bonds is 2. The lowest BCUT2D eigenvalue weighted by molar-refractivity contribution is -0.104. The van der Waals surface area contributed by atoms with Gasteiger partial charge in [0.25, 0.3) is 0 Å². The number of carbonyl (C=O) groups is 1. The third kappa shape index (κ3) is 2.80. The Morgan fingerprint density at radius 3 is 2.42 bits per heavy atom. The Balaban J connectivity index is 2.91. The van der Waals surface area contributed by atoms with Gasteiger partial charge in [-0.3, -0.25) is 4.79 Å². The molecule has 0 aliphatic rings. The number of carbonyl (C=O) groups excluding carboxylic acids is 1. The van der Waals surface area contributed by atoms with E-state index in [9.17, 15) is 4.79 Å². The van der Waals surface area contributed by atoms with Gasteiger partial charge in [-0.15, -0.1) is 0 Å². The molecule has 0 atom stereocenters. The van der Waals surface area contributed by atoms with Crippen LogP contribution in [-0.2, 0) is 4.79 Å². The first-order chi connectivity index (χ1) is 5.72. The molecule has 0 aliphatic heterocycles. The maximum Gasteiger partial charge on any atom is 0.157 e. The highest BCUT2D eigenvalue weighted by Crippen LogP contribution is 2.13. The van der Waals surface area contributed by atoms with Crippen molar-refractivity contribution in [1.29, 1.82) is 0 Å². The highest BCUT2D eigenvalue weighted by atomic mass is 79.9. The van der Waals surface area contributed by atoms with Gasteiger partial charge in [0.2, 0.25) is 0 Å². The number of hydrogen-bond donors (Lipinski definition) is 0. The van der Waals surface area contributed by atoms with E-state index in [1.54, 1.807) is 18.2 Å². The maximum atomic E-state index is 10.2. The van der Waals surface area contributed by atoms with Crippen molar-refractivity contribution in [3.8, 4) is 0 Å². The zero-order valence-corrected chi connectivity index (χ0v) is 8.47. The first-order valence-corrected chi connectivity index (χ1v) is 4.47. The lowest BCUT2D eigenvalue weighted by atomic mass is 10.2. The van der Waals surface area contributed by atoms with Crippen molar-refractivity contribution in [3.05, 3.63) is 39.3 Å². The Labute approximate surface area is 84.2 Å². The quantitative estimate of drug-likeness (QED) is 0.577. The standard InChI is InChI=1S/C9H6BrClO/c10-8(6-12)5-7-1-3-9(11)4-2-7/h1-6H. The smallest absolute Gasteiger partial charge is 0.157 e. The minimum absolute atomic E-state index is 0.518. The SMILES string of the molecule is O=CC(Br)=Cc1ccc(Cl)cc1. The molecule has 0 fully saturated rings. The first kappa shape index (κ1) is 9.49. The van der Waals surface area contributed by atoms with E-state index >= 15 is 0 Å². The molecule has 0 spiro atoms. The molecule has 1 nitrogen and oxygen atoms in total. The van der Waals surface area contributed by atoms with E-state index in [2.05, 4.69) is 15.9 Å². The van der Waals surface area contributed by atoms with Crippen molar-refractivity contribution in [2.24, 2.45) is 0 Å². The van der Waals surface area contributed by atoms with E-state index in [0.717, 1.165) is 11.8 Å². The van der Waals surface area contributed by atoms with Gasteiger partial charge in [0.1, 0.15) is 0 Å². The fraction of sp³-hybridized carbons (Fsp3) is 0. The van der Waals surface area contributed by atoms with Gasteiger partial charge >= 0.3 is 0 Å². The van der Waals surface area contributed by atoms with Crippen LogP contribution in [0.15, 0.2) is 28.7 Å². The van der Waals surface area contributed by atoms with Crippen molar-refractivity contribution in [3.63, 3.8) is 0 Å². The fourth-order valence-electron chi connectivity index (χ4n) is 0.752. The van der Waals surface area contributed by atoms with Crippen molar-refractivity contribution in [2.75, 3.05) is 0 Å². The maximum absolute atomic E-state index is 10.2. The minimum atomic E-state index is 0.518. The normalized spacial score (nSPS) is 11.3. The van der Waals surface area contributed by atoms with Crippen LogP contribution in [0.5, 0.6) is 0 Å². The van der Waals surface area contributed by atoms with E-state index in [-0.39, 0.29) is 0 Å². The minimum Gasteiger partial charge on any atom is -0.297 e. The van der Waals surface area contributed by atoms with Crippen LogP contribution >= 0.6 is 27.5 Å². The molecule has 12 heavy (non-hydrogen) atoms. The van der Waals surface area contributed by atoms with E-state index in [0.29, 0.717) is 9.51 Å². The molecular weight excluding hydrogens is 239 g/mol. The first-order valence-electron chi connectivity index (χ1n) is 3.30. The second-order valence-electron chi connectivity index (χ2n) is 2.20. The molecule has 0 radical (unpaired) electrons. The fourth-order valence-corrected chi connectivity index (χ4v) is 1.14. The van der Waals surface area contributed by atoms with Gasteiger partial charge in [-0.2, -0.15) is 0 Å². The molecule has 0 bridgehead atoms. The van der Waals surface area contributed by atoms with Gasteiger partial charge in [-0.05, 0) is 39.7 Å². The van der Waals surface area contributed by atoms with Crippen molar-refractivity contribution < 1.29 is 4.79 Å². The summed E-state index contributed by atoms with van der Waals surface area (Å²) in [5.41, 5.74) is 0.943. The summed E-state index contributed by atoms with van der Waals surface area (Å²) in [6, 6.07) is 7.23. The molecule has 0 heterocycles. The average Bonchev–Trinajstić information content (AvgIpc) is 2.09. The Kier molecular flexibility index (Phi) is 3.50. The van der Waals surface area contributed by atoms with Crippen LogP contribution in [0.25, 0.3) is 6.08 Å². The molecular formula is C9H6BrClO. The summed E-state index contributed by atoms with van der Waals surface area (Å²) < 4.78 is 0.518. The van der Waals surface area contributed by atoms with Crippen molar-refractivity contribution in [1.82, 2.24) is 0 Å². The van der Waals surface area contributed by atoms with Crippen molar-refractivity contribution >= 4 is 39.9 Å². The number of benzene rings is 1. The molecule has 1 aromatic carbocycles. The number of aldehydes is 1. The molecule has 0 aromatic heterocycles. The molecule has 0 saturated heterocycles. The van der Waals surface area contributed by atoms with Gasteiger partial charge in [-0.1, -0.05) is 23.7 Å². The molecule has 0 saturated carbocycles. The zero-order chi connectivity index (χ0) is 8.97. The van der Waals surface area contributed by atoms with Gasteiger partial charge in [-0.25, -0.2) is 0 Å². The lowest BCUT2D eigenvalue weighted by Gasteiger charge is -1.92. The third-order valence-corrected chi connectivity index (χ3v) is 1.95. The van der Waals surface area contributed by atoms with Gasteiger partial charge < -0.3 is 0 Å². The highest BCUT2D eigenvalue weighted by molar-refractivity contribution is 9.12. The van der Waals surface area contributed by atoms with Crippen LogP contribution in [0.3, 0.4) is 0 Å². The molecule has 1 aromatic rings. The topological polar surface area (TPSA) is 17.1 Å². The monoisotopic (exact) mass is 244 g/mol. The van der Waals surface area contributed by atoms with Gasteiger partial charge in [0.05, 0.1) is 4.48 Å². The number of halogens is 2. The summed E-state index contributed by atoms with van der Waals surface area (Å²) in [4.78, 5) is 10.2. The Hall–Kier alpha value is -0.600. The highest BCUT2D eigenvalue weighted by Gasteiger charge is 1.90. The number of allylic oxidation sites excluding steroid dienone is 1. The van der Waals surface area contributed by atoms with Gasteiger partial charge in [0, 0.05) is 5.02 Å². The summed E-state index contributed by atoms with van der Waals surface area (Å²) in [5, 5.41) is 0.689. The molecule has 1 rings (SSSR count).